The summed E-state index contributed by atoms with van der Waals surface area (Å²) in [4.78, 5) is 27.8. The number of ether oxygens (including phenoxy) is 2. The third kappa shape index (κ3) is 3.65. The Morgan fingerprint density at radius 2 is 2.04 bits per heavy atom. The molecule has 2 heterocycles. The van der Waals surface area contributed by atoms with Crippen molar-refractivity contribution in [1.82, 2.24) is 10.3 Å². The minimum absolute atomic E-state index is 0.0313. The van der Waals surface area contributed by atoms with Crippen molar-refractivity contribution in [2.75, 3.05) is 12.1 Å². The van der Waals surface area contributed by atoms with Crippen LogP contribution in [0.4, 0.5) is 10.5 Å². The van der Waals surface area contributed by atoms with Crippen LogP contribution in [0.5, 0.6) is 0 Å². The Morgan fingerprint density at radius 3 is 2.78 bits per heavy atom. The van der Waals surface area contributed by atoms with Crippen molar-refractivity contribution in [2.45, 2.75) is 0 Å². The maximum absolute atomic E-state index is 11.8. The maximum atomic E-state index is 11.8. The van der Waals surface area contributed by atoms with Crippen LogP contribution in [0.1, 0.15) is 0 Å². The van der Waals surface area contributed by atoms with Gasteiger partial charge in [0.1, 0.15) is 6.26 Å². The Balaban J connectivity index is 1.66. The zero-order valence-electron chi connectivity index (χ0n) is 12.0. The van der Waals surface area contributed by atoms with Crippen LogP contribution in [0.3, 0.4) is 0 Å². The summed E-state index contributed by atoms with van der Waals surface area (Å²) in [6.07, 6.45) is 2.85. The fourth-order valence-corrected chi connectivity index (χ4v) is 1.98. The molecule has 3 amide bonds. The van der Waals surface area contributed by atoms with Gasteiger partial charge < -0.3 is 14.8 Å². The van der Waals surface area contributed by atoms with Gasteiger partial charge in [-0.25, -0.2) is 4.79 Å². The smallest absolute Gasteiger partial charge is 0.326 e. The third-order valence-electron chi connectivity index (χ3n) is 3.00. The molecule has 0 bridgehead atoms. The van der Waals surface area contributed by atoms with Crippen LogP contribution in [-0.4, -0.2) is 23.7 Å². The van der Waals surface area contributed by atoms with E-state index in [0.29, 0.717) is 5.69 Å². The number of aromatic nitrogens is 1. The number of carbonyl (C=O) groups excluding carboxylic acids is 2. The fraction of sp³-hybridized carbons (Fsp3) is 0.0625. The second-order valence-electron chi connectivity index (χ2n) is 4.61. The molecule has 0 unspecified atom stereocenters. The van der Waals surface area contributed by atoms with Crippen LogP contribution in [-0.2, 0) is 14.3 Å². The molecule has 0 aliphatic carbocycles. The molecule has 0 atom stereocenters. The highest BCUT2D eigenvalue weighted by Crippen LogP contribution is 2.20. The van der Waals surface area contributed by atoms with E-state index in [1.54, 1.807) is 24.4 Å². The lowest BCUT2D eigenvalue weighted by Crippen LogP contribution is -2.35. The van der Waals surface area contributed by atoms with Crippen molar-refractivity contribution >= 4 is 17.6 Å². The second-order valence-corrected chi connectivity index (χ2v) is 4.61. The van der Waals surface area contributed by atoms with Crippen LogP contribution in [0, 0.1) is 0 Å². The van der Waals surface area contributed by atoms with E-state index in [9.17, 15) is 9.59 Å². The van der Waals surface area contributed by atoms with E-state index >= 15 is 0 Å². The van der Waals surface area contributed by atoms with Crippen molar-refractivity contribution in [1.29, 1.82) is 0 Å². The number of nitrogens with zero attached hydrogens (tertiary/aromatic N) is 1. The molecule has 0 spiro atoms. The molecular formula is C16H13N3O4. The van der Waals surface area contributed by atoms with Crippen LogP contribution >= 0.6 is 0 Å². The number of amides is 3. The molecule has 1 aliphatic heterocycles. The quantitative estimate of drug-likeness (QED) is 0.907. The van der Waals surface area contributed by atoms with Gasteiger partial charge in [0.15, 0.2) is 0 Å². The van der Waals surface area contributed by atoms with Crippen LogP contribution in [0.2, 0.25) is 0 Å². The largest absolute Gasteiger partial charge is 0.461 e. The molecule has 7 nitrogen and oxygen atoms in total. The molecule has 3 rings (SSSR count). The summed E-state index contributed by atoms with van der Waals surface area (Å²) in [6.45, 7) is -0.0313. The van der Waals surface area contributed by atoms with E-state index < -0.39 is 11.9 Å². The number of nitrogens with one attached hydrogen (secondary N) is 2. The number of anilines is 1. The van der Waals surface area contributed by atoms with Gasteiger partial charge in [-0.05, 0) is 24.3 Å². The highest BCUT2D eigenvalue weighted by Gasteiger charge is 2.18. The molecular weight excluding hydrogens is 298 g/mol. The molecule has 0 fully saturated rings. The van der Waals surface area contributed by atoms with Gasteiger partial charge in [0, 0.05) is 17.4 Å². The SMILES string of the molecule is O=C(NC(=O)C1=COCO1)Nc1cccc(-c2ccccn2)c1. The summed E-state index contributed by atoms with van der Waals surface area (Å²) in [5.74, 6) is -0.705. The van der Waals surface area contributed by atoms with Gasteiger partial charge >= 0.3 is 6.03 Å². The summed E-state index contributed by atoms with van der Waals surface area (Å²) in [5, 5.41) is 4.74. The third-order valence-corrected chi connectivity index (χ3v) is 3.00. The number of benzene rings is 1. The summed E-state index contributed by atoms with van der Waals surface area (Å²) in [6, 6.07) is 12.1. The van der Waals surface area contributed by atoms with Crippen molar-refractivity contribution in [3.8, 4) is 11.3 Å². The van der Waals surface area contributed by atoms with E-state index in [2.05, 4.69) is 15.6 Å². The lowest BCUT2D eigenvalue weighted by Gasteiger charge is -2.08. The number of rotatable bonds is 3. The number of hydrogen-bond acceptors (Lipinski definition) is 5. The van der Waals surface area contributed by atoms with Crippen LogP contribution < -0.4 is 10.6 Å². The molecule has 1 aromatic carbocycles. The highest BCUT2D eigenvalue weighted by molar-refractivity contribution is 6.06. The lowest BCUT2D eigenvalue weighted by atomic mass is 10.1. The van der Waals surface area contributed by atoms with Crippen molar-refractivity contribution in [3.05, 3.63) is 60.7 Å². The molecule has 2 aromatic rings. The van der Waals surface area contributed by atoms with Gasteiger partial charge in [-0.15, -0.1) is 0 Å². The number of pyridine rings is 1. The van der Waals surface area contributed by atoms with E-state index in [4.69, 9.17) is 9.47 Å². The summed E-state index contributed by atoms with van der Waals surface area (Å²) in [5.41, 5.74) is 2.18. The monoisotopic (exact) mass is 311 g/mol. The van der Waals surface area contributed by atoms with Crippen molar-refractivity contribution in [2.24, 2.45) is 0 Å². The average Bonchev–Trinajstić information content (AvgIpc) is 3.10. The number of urea groups is 1. The minimum atomic E-state index is -0.666. The average molecular weight is 311 g/mol. The number of imide groups is 1. The predicted molar refractivity (Wildman–Crippen MR) is 82.0 cm³/mol. The Hall–Kier alpha value is -3.35. The van der Waals surface area contributed by atoms with E-state index in [1.165, 1.54) is 0 Å². The molecule has 0 saturated carbocycles. The first-order chi connectivity index (χ1) is 11.2. The second kappa shape index (κ2) is 6.61. The standard InChI is InChI=1S/C16H13N3O4/c20-15(14-9-22-10-23-14)19-16(21)18-12-5-3-4-11(8-12)13-6-1-2-7-17-13/h1-9H,10H2,(H2,18,19,20,21). The van der Waals surface area contributed by atoms with E-state index in [-0.39, 0.29) is 12.6 Å². The van der Waals surface area contributed by atoms with Gasteiger partial charge in [0.25, 0.3) is 5.91 Å². The Labute approximate surface area is 131 Å². The van der Waals surface area contributed by atoms with Crippen molar-refractivity contribution in [3.63, 3.8) is 0 Å². The van der Waals surface area contributed by atoms with E-state index in [0.717, 1.165) is 17.5 Å². The van der Waals surface area contributed by atoms with Crippen molar-refractivity contribution < 1.29 is 19.1 Å². The number of hydrogen-bond donors (Lipinski definition) is 2. The first-order valence-electron chi connectivity index (χ1n) is 6.81. The molecule has 0 radical (unpaired) electrons. The first-order valence-corrected chi connectivity index (χ1v) is 6.81. The lowest BCUT2D eigenvalue weighted by molar-refractivity contribution is -0.119. The molecule has 7 heteroatoms. The summed E-state index contributed by atoms with van der Waals surface area (Å²) >= 11 is 0. The Bertz CT molecular complexity index is 759. The zero-order valence-corrected chi connectivity index (χ0v) is 12.0. The Kier molecular flexibility index (Phi) is 4.19. The zero-order chi connectivity index (χ0) is 16.1. The first kappa shape index (κ1) is 14.6. The fourth-order valence-electron chi connectivity index (χ4n) is 1.98. The summed E-state index contributed by atoms with van der Waals surface area (Å²) in [7, 11) is 0. The molecule has 2 N–H and O–H groups in total. The molecule has 23 heavy (non-hydrogen) atoms. The summed E-state index contributed by atoms with van der Waals surface area (Å²) < 4.78 is 9.64. The molecule has 0 saturated heterocycles. The normalized spacial score (nSPS) is 12.6. The molecule has 1 aromatic heterocycles. The minimum Gasteiger partial charge on any atom is -0.461 e. The van der Waals surface area contributed by atoms with Gasteiger partial charge in [-0.3, -0.25) is 15.1 Å². The topological polar surface area (TPSA) is 89.6 Å². The van der Waals surface area contributed by atoms with Crippen LogP contribution in [0.15, 0.2) is 60.7 Å². The van der Waals surface area contributed by atoms with Gasteiger partial charge in [0.05, 0.1) is 5.69 Å². The predicted octanol–water partition coefficient (Wildman–Crippen LogP) is 2.24. The molecule has 116 valence electrons. The maximum Gasteiger partial charge on any atom is 0.326 e. The van der Waals surface area contributed by atoms with Gasteiger partial charge in [-0.1, -0.05) is 18.2 Å². The van der Waals surface area contributed by atoms with Gasteiger partial charge in [0.2, 0.25) is 12.6 Å². The van der Waals surface area contributed by atoms with E-state index in [1.807, 2.05) is 24.3 Å². The highest BCUT2D eigenvalue weighted by atomic mass is 16.7. The van der Waals surface area contributed by atoms with Crippen LogP contribution in [0.25, 0.3) is 11.3 Å². The molecule has 1 aliphatic rings. The van der Waals surface area contributed by atoms with Gasteiger partial charge in [-0.2, -0.15) is 0 Å². The Morgan fingerprint density at radius 1 is 1.13 bits per heavy atom. The number of carbonyl (C=O) groups is 2.